The predicted molar refractivity (Wildman–Crippen MR) is 190 cm³/mol. The van der Waals surface area contributed by atoms with Crippen molar-refractivity contribution >= 4 is 46.4 Å². The Balaban J connectivity index is 1.11. The molecule has 3 fully saturated rings. The molecule has 282 valence electrons. The molecule has 6 rings (SSSR count). The molecule has 0 radical (unpaired) electrons. The van der Waals surface area contributed by atoms with E-state index < -0.39 is 59.8 Å². The number of hydrogen-bond donors (Lipinski definition) is 6. The van der Waals surface area contributed by atoms with Crippen LogP contribution in [0.2, 0.25) is 0 Å². The maximum absolute atomic E-state index is 14.2. The molecule has 3 saturated heterocycles. The summed E-state index contributed by atoms with van der Waals surface area (Å²) >= 11 is 0. The third kappa shape index (κ3) is 8.62. The molecule has 4 heterocycles. The first-order chi connectivity index (χ1) is 25.5. The van der Waals surface area contributed by atoms with E-state index in [2.05, 4.69) is 20.9 Å². The zero-order chi connectivity index (χ0) is 37.6. The molecule has 15 nitrogen and oxygen atoms in total. The van der Waals surface area contributed by atoms with E-state index in [-0.39, 0.29) is 37.1 Å². The van der Waals surface area contributed by atoms with E-state index in [1.54, 1.807) is 23.2 Å². The number of H-pyrrole nitrogens is 1. The van der Waals surface area contributed by atoms with E-state index in [1.807, 2.05) is 29.6 Å². The minimum Gasteiger partial charge on any atom is -0.548 e. The largest absolute Gasteiger partial charge is 0.548 e. The molecule has 53 heavy (non-hydrogen) atoms. The summed E-state index contributed by atoms with van der Waals surface area (Å²) in [5.41, 5.74) is 2.17. The van der Waals surface area contributed by atoms with Gasteiger partial charge in [0.15, 0.2) is 6.04 Å². The van der Waals surface area contributed by atoms with Gasteiger partial charge >= 0.3 is 0 Å². The Morgan fingerprint density at radius 3 is 2.23 bits per heavy atom. The lowest BCUT2D eigenvalue weighted by Crippen LogP contribution is -2.89. The molecule has 3 aliphatic heterocycles. The van der Waals surface area contributed by atoms with Gasteiger partial charge in [-0.1, -0.05) is 30.3 Å². The number of aromatic amines is 1. The van der Waals surface area contributed by atoms with Crippen LogP contribution >= 0.6 is 0 Å². The Morgan fingerprint density at radius 1 is 0.849 bits per heavy atom. The van der Waals surface area contributed by atoms with Crippen molar-refractivity contribution < 1.29 is 44.3 Å². The lowest BCUT2D eigenvalue weighted by atomic mass is 10.0. The van der Waals surface area contributed by atoms with Gasteiger partial charge in [-0.3, -0.25) is 24.0 Å². The number of aromatic hydroxyl groups is 1. The summed E-state index contributed by atoms with van der Waals surface area (Å²) < 4.78 is 0. The quantitative estimate of drug-likeness (QED) is 0.122. The third-order valence-electron chi connectivity index (χ3n) is 10.6. The number of para-hydroxylation sites is 1. The molecule has 3 aromatic rings. The molecule has 0 aliphatic carbocycles. The van der Waals surface area contributed by atoms with Crippen molar-refractivity contribution in [2.24, 2.45) is 0 Å². The van der Waals surface area contributed by atoms with Crippen LogP contribution in [-0.2, 0) is 41.6 Å². The molecule has 0 spiro atoms. The minimum absolute atomic E-state index is 0.0381. The van der Waals surface area contributed by atoms with Gasteiger partial charge in [0.05, 0.1) is 18.6 Å². The smallest absolute Gasteiger partial charge is 0.281 e. The Morgan fingerprint density at radius 2 is 1.53 bits per heavy atom. The highest BCUT2D eigenvalue weighted by atomic mass is 16.4. The molecular formula is C38H47N7O8. The van der Waals surface area contributed by atoms with Crippen LogP contribution in [0.25, 0.3) is 10.9 Å². The molecule has 5 amide bonds. The van der Waals surface area contributed by atoms with Crippen molar-refractivity contribution in [2.45, 2.75) is 94.5 Å². The molecule has 0 bridgehead atoms. The minimum atomic E-state index is -1.47. The van der Waals surface area contributed by atoms with Gasteiger partial charge in [-0.2, -0.15) is 0 Å². The van der Waals surface area contributed by atoms with Crippen LogP contribution in [0.5, 0.6) is 5.75 Å². The van der Waals surface area contributed by atoms with Crippen LogP contribution < -0.4 is 26.4 Å². The maximum Gasteiger partial charge on any atom is 0.281 e. The first-order valence-electron chi connectivity index (χ1n) is 18.4. The highest BCUT2D eigenvalue weighted by Gasteiger charge is 2.43. The number of nitrogens with zero attached hydrogens (tertiary/aromatic N) is 2. The average Bonchev–Trinajstić information content (AvgIpc) is 3.98. The number of carbonyl (C=O) groups is 6. The standard InChI is InChI=1S/C38H47N7O8/c1-22(33(47)43-30(38(52)53)20-24-21-40-27-8-3-2-7-26(24)27)41-34(48)31-10-5-18-45(31)37(51)29(19-23-12-14-25(46)15-13-23)42-35(49)32-11-6-17-44(32)36(50)28-9-4-16-39-28/h2-3,7-8,12-15,21-22,28-32,39-40,46H,4-6,9-11,16-20H2,1H3,(H,41,48)(H,42,49)(H,43,47)(H,52,53)/t22-,28-,29-,30-,31-,32-/m0/s1. The van der Waals surface area contributed by atoms with Crippen LogP contribution in [0, 0.1) is 0 Å². The molecule has 3 aliphatic rings. The second-order valence-corrected chi connectivity index (χ2v) is 14.3. The van der Waals surface area contributed by atoms with Gasteiger partial charge in [0.25, 0.3) is 5.91 Å². The number of rotatable bonds is 13. The Bertz CT molecular complexity index is 1840. The van der Waals surface area contributed by atoms with Crippen molar-refractivity contribution in [1.82, 2.24) is 30.7 Å². The molecule has 0 saturated carbocycles. The summed E-state index contributed by atoms with van der Waals surface area (Å²) in [6.45, 7) is 3.00. The normalized spacial score (nSPS) is 21.6. The van der Waals surface area contributed by atoms with Crippen molar-refractivity contribution in [3.05, 3.63) is 65.9 Å². The van der Waals surface area contributed by atoms with Crippen LogP contribution in [0.4, 0.5) is 0 Å². The number of likely N-dealkylation sites (tertiary alicyclic amines) is 2. The molecule has 7 N–H and O–H groups in total. The maximum atomic E-state index is 14.2. The summed E-state index contributed by atoms with van der Waals surface area (Å²) in [6, 6.07) is 8.18. The Labute approximate surface area is 306 Å². The number of fused-ring (bicyclic) bond motifs is 1. The van der Waals surface area contributed by atoms with Gasteiger partial charge in [-0.15, -0.1) is 0 Å². The summed E-state index contributed by atoms with van der Waals surface area (Å²) in [5.74, 6) is -3.74. The summed E-state index contributed by atoms with van der Waals surface area (Å²) in [5, 5.41) is 32.7. The molecule has 0 unspecified atom stereocenters. The fourth-order valence-electron chi connectivity index (χ4n) is 7.74. The van der Waals surface area contributed by atoms with E-state index in [0.29, 0.717) is 43.4 Å². The molecule has 6 atom stereocenters. The van der Waals surface area contributed by atoms with E-state index in [9.17, 15) is 39.0 Å². The fourth-order valence-corrected chi connectivity index (χ4v) is 7.74. The number of carboxylic acids is 1. The summed E-state index contributed by atoms with van der Waals surface area (Å²) in [6.07, 6.45) is 5.37. The third-order valence-corrected chi connectivity index (χ3v) is 10.6. The summed E-state index contributed by atoms with van der Waals surface area (Å²) in [4.78, 5) is 86.2. The molecule has 15 heteroatoms. The lowest BCUT2D eigenvalue weighted by Gasteiger charge is -2.31. The number of nitrogens with one attached hydrogen (secondary N) is 4. The molecule has 2 aromatic carbocycles. The van der Waals surface area contributed by atoms with Gasteiger partial charge in [0.2, 0.25) is 23.6 Å². The zero-order valence-electron chi connectivity index (χ0n) is 29.7. The number of amides is 5. The number of aromatic nitrogens is 1. The van der Waals surface area contributed by atoms with Crippen LogP contribution in [0.1, 0.15) is 56.6 Å². The number of phenolic OH excluding ortho intramolecular Hbond substituents is 1. The van der Waals surface area contributed by atoms with E-state index in [1.165, 1.54) is 24.0 Å². The highest BCUT2D eigenvalue weighted by molar-refractivity contribution is 5.97. The van der Waals surface area contributed by atoms with E-state index in [0.717, 1.165) is 30.3 Å². The fraction of sp³-hybridized carbons (Fsp3) is 0.474. The molecular weight excluding hydrogens is 682 g/mol. The average molecular weight is 730 g/mol. The van der Waals surface area contributed by atoms with Gasteiger partial charge in [0.1, 0.15) is 29.9 Å². The van der Waals surface area contributed by atoms with Crippen LogP contribution in [0.15, 0.2) is 54.7 Å². The number of quaternary nitrogens is 1. The van der Waals surface area contributed by atoms with Crippen LogP contribution in [-0.4, -0.2) is 111 Å². The number of phenols is 1. The second-order valence-electron chi connectivity index (χ2n) is 14.3. The Hall–Kier alpha value is -5.44. The van der Waals surface area contributed by atoms with Crippen molar-refractivity contribution in [2.75, 3.05) is 19.6 Å². The number of hydrogen-bond acceptors (Lipinski definition) is 8. The van der Waals surface area contributed by atoms with Gasteiger partial charge in [-0.05, 0) is 61.9 Å². The lowest BCUT2D eigenvalue weighted by molar-refractivity contribution is -0.658. The van der Waals surface area contributed by atoms with Gasteiger partial charge in [-0.25, -0.2) is 0 Å². The zero-order valence-corrected chi connectivity index (χ0v) is 29.7. The number of aliphatic carboxylic acids is 1. The first kappa shape index (κ1) is 37.3. The number of carboxylic acid groups (broad SMARTS) is 1. The first-order valence-corrected chi connectivity index (χ1v) is 18.4. The van der Waals surface area contributed by atoms with Crippen molar-refractivity contribution in [1.29, 1.82) is 0 Å². The van der Waals surface area contributed by atoms with Crippen molar-refractivity contribution in [3.63, 3.8) is 0 Å². The van der Waals surface area contributed by atoms with Gasteiger partial charge < -0.3 is 51.1 Å². The molecule has 1 aromatic heterocycles. The van der Waals surface area contributed by atoms with Crippen molar-refractivity contribution in [3.8, 4) is 5.75 Å². The topological polar surface area (TPSA) is 221 Å². The SMILES string of the molecule is C[C@H](NC(=O)[C@@H]1CCCN1C(=O)[C@H](Cc1ccc(O)cc1)NC(=O)[C@@H]1CCCN1C(=O)[C@@H]1CCC[NH2+]1)C(=O)N[C@@H](Cc1c[nH]c2ccccc12)C(=O)[O-]. The van der Waals surface area contributed by atoms with E-state index in [4.69, 9.17) is 0 Å². The summed E-state index contributed by atoms with van der Waals surface area (Å²) in [7, 11) is 0. The number of benzene rings is 2. The van der Waals surface area contributed by atoms with E-state index >= 15 is 0 Å². The van der Waals surface area contributed by atoms with Gasteiger partial charge in [0, 0.05) is 55.9 Å². The van der Waals surface area contributed by atoms with Crippen LogP contribution in [0.3, 0.4) is 0 Å². The Kier molecular flexibility index (Phi) is 11.6. The highest BCUT2D eigenvalue weighted by Crippen LogP contribution is 2.24. The predicted octanol–water partition coefficient (Wildman–Crippen LogP) is -1.41. The number of carbonyl (C=O) groups excluding carboxylic acids is 6. The second kappa shape index (κ2) is 16.5. The monoisotopic (exact) mass is 729 g/mol. The number of nitrogens with two attached hydrogens (primary N) is 1.